The van der Waals surface area contributed by atoms with E-state index in [-0.39, 0.29) is 0 Å². The van der Waals surface area contributed by atoms with E-state index in [1.54, 1.807) is 24.3 Å². The number of ether oxygens (including phenoxy) is 1. The normalized spacial score (nSPS) is 20.5. The van der Waals surface area contributed by atoms with Crippen LogP contribution in [0.1, 0.15) is 16.8 Å². The number of hydrogen-bond donors (Lipinski definition) is 0. The van der Waals surface area contributed by atoms with Crippen molar-refractivity contribution in [1.29, 1.82) is 0 Å². The second-order valence-electron chi connectivity index (χ2n) is 7.50. The fourth-order valence-corrected chi connectivity index (χ4v) is 5.83. The van der Waals surface area contributed by atoms with Crippen LogP contribution >= 0.6 is 0 Å². The smallest absolute Gasteiger partial charge is 0.264 e. The lowest BCUT2D eigenvalue weighted by atomic mass is 9.77. The number of sulfonamides is 1. The first-order chi connectivity index (χ1) is 13.5. The average molecular weight is 392 g/mol. The summed E-state index contributed by atoms with van der Waals surface area (Å²) in [5.41, 5.74) is 3.27. The molecule has 0 N–H and O–H groups in total. The van der Waals surface area contributed by atoms with Crippen LogP contribution in [0.4, 0.5) is 5.69 Å². The number of aryl methyl sites for hydroxylation is 1. The Hall–Kier alpha value is -2.86. The molecule has 0 bridgehead atoms. The highest BCUT2D eigenvalue weighted by Crippen LogP contribution is 2.47. The van der Waals surface area contributed by atoms with E-state index in [0.717, 1.165) is 22.5 Å². The molecule has 6 heteroatoms. The van der Waals surface area contributed by atoms with Crippen molar-refractivity contribution >= 4 is 15.7 Å². The van der Waals surface area contributed by atoms with E-state index in [4.69, 9.17) is 4.74 Å². The Morgan fingerprint density at radius 1 is 1.00 bits per heavy atom. The molecule has 2 aliphatic rings. The van der Waals surface area contributed by atoms with Gasteiger partial charge in [-0.3, -0.25) is 4.31 Å². The maximum atomic E-state index is 13.4. The van der Waals surface area contributed by atoms with E-state index >= 15 is 0 Å². The van der Waals surface area contributed by atoms with Gasteiger partial charge in [0.15, 0.2) is 0 Å². The molecule has 1 atom stereocenters. The van der Waals surface area contributed by atoms with Gasteiger partial charge < -0.3 is 4.74 Å². The van der Waals surface area contributed by atoms with Gasteiger partial charge in [-0.25, -0.2) is 13.4 Å². The summed E-state index contributed by atoms with van der Waals surface area (Å²) in [6.45, 7) is 2.71. The van der Waals surface area contributed by atoms with E-state index < -0.39 is 15.4 Å². The lowest BCUT2D eigenvalue weighted by Gasteiger charge is -2.35. The molecule has 1 aromatic heterocycles. The highest BCUT2D eigenvalue weighted by Gasteiger charge is 2.49. The van der Waals surface area contributed by atoms with Gasteiger partial charge in [0.05, 0.1) is 16.0 Å². The maximum absolute atomic E-state index is 13.4. The fourth-order valence-electron chi connectivity index (χ4n) is 4.24. The molecule has 2 aliphatic heterocycles. The summed E-state index contributed by atoms with van der Waals surface area (Å²) in [5.74, 6) is 0.660. The van der Waals surface area contributed by atoms with Crippen LogP contribution in [0.25, 0.3) is 0 Å². The van der Waals surface area contributed by atoms with Crippen LogP contribution in [0.2, 0.25) is 0 Å². The summed E-state index contributed by atoms with van der Waals surface area (Å²) in [6.07, 6.45) is 0.702. The molecular weight excluding hydrogens is 372 g/mol. The first kappa shape index (κ1) is 17.3. The molecule has 1 spiro atoms. The molecular formula is C22H20N2O3S. The minimum absolute atomic E-state index is 0.302. The van der Waals surface area contributed by atoms with Crippen molar-refractivity contribution < 1.29 is 13.2 Å². The fraction of sp³-hybridized carbons (Fsp3) is 0.227. The first-order valence-corrected chi connectivity index (χ1v) is 10.7. The van der Waals surface area contributed by atoms with Gasteiger partial charge in [0.1, 0.15) is 6.61 Å². The zero-order valence-electron chi connectivity index (χ0n) is 15.5. The van der Waals surface area contributed by atoms with Crippen molar-refractivity contribution in [2.75, 3.05) is 17.5 Å². The van der Waals surface area contributed by atoms with Gasteiger partial charge in [-0.2, -0.15) is 0 Å². The average Bonchev–Trinajstić information content (AvgIpc) is 3.04. The largest absolute Gasteiger partial charge is 0.476 e. The number of pyridine rings is 1. The van der Waals surface area contributed by atoms with Crippen LogP contribution in [0.5, 0.6) is 5.88 Å². The van der Waals surface area contributed by atoms with E-state index in [9.17, 15) is 8.42 Å². The Bertz CT molecular complexity index is 1160. The van der Waals surface area contributed by atoms with Crippen molar-refractivity contribution in [1.82, 2.24) is 4.98 Å². The summed E-state index contributed by atoms with van der Waals surface area (Å²) in [7, 11) is -3.65. The molecule has 0 saturated heterocycles. The van der Waals surface area contributed by atoms with Crippen LogP contribution in [-0.2, 0) is 21.9 Å². The standard InChI is InChI=1S/C22H20N2O3S/c1-16-11-12-17-13-22(15-27-21(17)23-16)14-24(20-10-6-5-9-19(20)22)28(25,26)18-7-3-2-4-8-18/h2-12H,13-15H2,1H3. The Balaban J connectivity index is 1.61. The zero-order valence-corrected chi connectivity index (χ0v) is 16.3. The van der Waals surface area contributed by atoms with Gasteiger partial charge in [-0.05, 0) is 43.2 Å². The first-order valence-electron chi connectivity index (χ1n) is 9.26. The Morgan fingerprint density at radius 2 is 1.75 bits per heavy atom. The van der Waals surface area contributed by atoms with E-state index in [0.29, 0.717) is 30.3 Å². The highest BCUT2D eigenvalue weighted by molar-refractivity contribution is 7.92. The second kappa shape index (κ2) is 6.07. The SMILES string of the molecule is Cc1ccc2c(n1)OCC1(C2)CN(S(=O)(=O)c2ccccc2)c2ccccc21. The maximum Gasteiger partial charge on any atom is 0.264 e. The Kier molecular flexibility index (Phi) is 3.74. The van der Waals surface area contributed by atoms with Gasteiger partial charge in [0, 0.05) is 17.8 Å². The summed E-state index contributed by atoms with van der Waals surface area (Å²) in [5, 5.41) is 0. The molecule has 5 nitrogen and oxygen atoms in total. The molecule has 1 unspecified atom stereocenters. The van der Waals surface area contributed by atoms with Crippen molar-refractivity contribution in [3.63, 3.8) is 0 Å². The number of fused-ring (bicyclic) bond motifs is 3. The number of benzene rings is 2. The van der Waals surface area contributed by atoms with Crippen LogP contribution in [0, 0.1) is 6.92 Å². The van der Waals surface area contributed by atoms with E-state index in [2.05, 4.69) is 4.98 Å². The van der Waals surface area contributed by atoms with Gasteiger partial charge in [0.25, 0.3) is 10.0 Å². The molecule has 3 aromatic rings. The predicted octanol–water partition coefficient (Wildman–Crippen LogP) is 3.47. The van der Waals surface area contributed by atoms with Crippen molar-refractivity contribution in [3.8, 4) is 5.88 Å². The number of anilines is 1. The van der Waals surface area contributed by atoms with Crippen molar-refractivity contribution in [3.05, 3.63) is 83.6 Å². The minimum Gasteiger partial charge on any atom is -0.476 e. The Labute approximate surface area is 164 Å². The van der Waals surface area contributed by atoms with Gasteiger partial charge in [0.2, 0.25) is 5.88 Å². The van der Waals surface area contributed by atoms with Crippen LogP contribution in [0.15, 0.2) is 71.6 Å². The molecule has 142 valence electrons. The monoisotopic (exact) mass is 392 g/mol. The number of aromatic nitrogens is 1. The number of hydrogen-bond acceptors (Lipinski definition) is 4. The van der Waals surface area contributed by atoms with Crippen LogP contribution in [-0.4, -0.2) is 26.6 Å². The number of para-hydroxylation sites is 1. The van der Waals surface area contributed by atoms with Crippen LogP contribution in [0.3, 0.4) is 0 Å². The van der Waals surface area contributed by atoms with Crippen molar-refractivity contribution in [2.45, 2.75) is 23.7 Å². The van der Waals surface area contributed by atoms with Gasteiger partial charge in [-0.15, -0.1) is 0 Å². The second-order valence-corrected chi connectivity index (χ2v) is 9.37. The molecule has 28 heavy (non-hydrogen) atoms. The minimum atomic E-state index is -3.65. The molecule has 3 heterocycles. The molecule has 2 aromatic carbocycles. The third kappa shape index (κ3) is 2.52. The number of rotatable bonds is 2. The quantitative estimate of drug-likeness (QED) is 0.670. The molecule has 5 rings (SSSR count). The van der Waals surface area contributed by atoms with E-state index in [1.807, 2.05) is 49.4 Å². The van der Waals surface area contributed by atoms with Gasteiger partial charge in [-0.1, -0.05) is 42.5 Å². The predicted molar refractivity (Wildman–Crippen MR) is 107 cm³/mol. The van der Waals surface area contributed by atoms with Crippen molar-refractivity contribution in [2.24, 2.45) is 0 Å². The van der Waals surface area contributed by atoms with Gasteiger partial charge >= 0.3 is 0 Å². The molecule has 0 amide bonds. The topological polar surface area (TPSA) is 59.5 Å². The third-order valence-electron chi connectivity index (χ3n) is 5.61. The highest BCUT2D eigenvalue weighted by atomic mass is 32.2. The summed E-state index contributed by atoms with van der Waals surface area (Å²) < 4.78 is 34.3. The molecule has 0 saturated carbocycles. The Morgan fingerprint density at radius 3 is 2.57 bits per heavy atom. The molecule has 0 fully saturated rings. The lowest BCUT2D eigenvalue weighted by Crippen LogP contribution is -2.44. The summed E-state index contributed by atoms with van der Waals surface area (Å²) in [4.78, 5) is 4.79. The zero-order chi connectivity index (χ0) is 19.4. The molecule has 0 radical (unpaired) electrons. The molecule has 0 aliphatic carbocycles. The van der Waals surface area contributed by atoms with E-state index in [1.165, 1.54) is 4.31 Å². The van der Waals surface area contributed by atoms with Crippen LogP contribution < -0.4 is 9.04 Å². The third-order valence-corrected chi connectivity index (χ3v) is 7.39. The summed E-state index contributed by atoms with van der Waals surface area (Å²) >= 11 is 0. The summed E-state index contributed by atoms with van der Waals surface area (Å²) in [6, 6.07) is 20.4. The lowest BCUT2D eigenvalue weighted by molar-refractivity contribution is 0.190. The number of nitrogens with zero attached hydrogens (tertiary/aromatic N) is 2.